The molecule has 1 N–H and O–H groups in total. The second-order valence-electron chi connectivity index (χ2n) is 6.10. The van der Waals surface area contributed by atoms with Crippen LogP contribution in [0.4, 0.5) is 18.9 Å². The molecule has 1 aromatic carbocycles. The molecule has 0 fully saturated rings. The van der Waals surface area contributed by atoms with E-state index in [1.165, 1.54) is 18.2 Å². The topological polar surface area (TPSA) is 81.2 Å². The molecule has 0 radical (unpaired) electrons. The number of hydrogen-bond acceptors (Lipinski definition) is 6. The summed E-state index contributed by atoms with van der Waals surface area (Å²) in [7, 11) is 0. The fraction of sp³-hybridized carbons (Fsp3) is 0.278. The van der Waals surface area contributed by atoms with Crippen molar-refractivity contribution in [1.82, 2.24) is 10.3 Å². The third-order valence-corrected chi connectivity index (χ3v) is 5.40. The first-order chi connectivity index (χ1) is 13.7. The second-order valence-corrected chi connectivity index (χ2v) is 7.39. The first-order valence-corrected chi connectivity index (χ1v) is 9.73. The largest absolute Gasteiger partial charge is 0.460 e. The summed E-state index contributed by atoms with van der Waals surface area (Å²) in [6.07, 6.45) is -3.92. The lowest BCUT2D eigenvalue weighted by atomic mass is 10.1. The zero-order valence-corrected chi connectivity index (χ0v) is 16.6. The minimum atomic E-state index is -4.47. The van der Waals surface area contributed by atoms with Crippen LogP contribution in [0.5, 0.6) is 0 Å². The maximum Gasteiger partial charge on any atom is 0.434 e. The number of rotatable bonds is 7. The highest BCUT2D eigenvalue weighted by molar-refractivity contribution is 7.09. The molecular formula is C18H15ClF3N3O3S. The van der Waals surface area contributed by atoms with E-state index in [2.05, 4.69) is 10.3 Å². The van der Waals surface area contributed by atoms with Crippen LogP contribution in [0.25, 0.3) is 11.3 Å². The minimum absolute atomic E-state index is 0.125. The van der Waals surface area contributed by atoms with Gasteiger partial charge in [0.1, 0.15) is 16.5 Å². The maximum atomic E-state index is 12.7. The number of alkyl halides is 3. The van der Waals surface area contributed by atoms with Crippen LogP contribution < -0.4 is 5.32 Å². The number of nitrogens with one attached hydrogen (secondary N) is 1. The highest BCUT2D eigenvalue weighted by Gasteiger charge is 2.34. The summed E-state index contributed by atoms with van der Waals surface area (Å²) in [4.78, 5) is 13.9. The normalized spacial score (nSPS) is 12.9. The van der Waals surface area contributed by atoms with Crippen molar-refractivity contribution < 1.29 is 22.5 Å². The van der Waals surface area contributed by atoms with E-state index in [0.717, 1.165) is 16.7 Å². The molecule has 0 unspecified atom stereocenters. The third-order valence-electron chi connectivity index (χ3n) is 4.13. The van der Waals surface area contributed by atoms with Gasteiger partial charge in [0.25, 0.3) is 5.69 Å². The number of nitrogens with zero attached hydrogens (tertiary/aromatic N) is 2. The predicted octanol–water partition coefficient (Wildman–Crippen LogP) is 6.22. The lowest BCUT2D eigenvalue weighted by Gasteiger charge is -2.13. The van der Waals surface area contributed by atoms with Gasteiger partial charge in [0.15, 0.2) is 5.69 Å². The zero-order chi connectivity index (χ0) is 21.2. The Morgan fingerprint density at radius 3 is 2.69 bits per heavy atom. The summed E-state index contributed by atoms with van der Waals surface area (Å²) in [5.74, 6) is 0.976. The highest BCUT2D eigenvalue weighted by Crippen LogP contribution is 2.34. The van der Waals surface area contributed by atoms with Gasteiger partial charge in [-0.1, -0.05) is 18.5 Å². The fourth-order valence-corrected chi connectivity index (χ4v) is 3.89. The molecule has 0 aliphatic heterocycles. The maximum absolute atomic E-state index is 12.7. The fourth-order valence-electron chi connectivity index (χ4n) is 2.64. The number of non-ortho nitro benzene ring substituents is 1. The van der Waals surface area contributed by atoms with E-state index in [9.17, 15) is 23.3 Å². The molecule has 0 amide bonds. The number of hydrogen-bond donors (Lipinski definition) is 1. The molecule has 11 heteroatoms. The van der Waals surface area contributed by atoms with Gasteiger partial charge in [0.05, 0.1) is 22.5 Å². The van der Waals surface area contributed by atoms with Gasteiger partial charge in [-0.2, -0.15) is 13.2 Å². The Morgan fingerprint density at radius 1 is 1.34 bits per heavy atom. The number of benzene rings is 1. The molecule has 0 spiro atoms. The SMILES string of the molecule is CC[C@@H](NCc1ccc(-c2ccc([N+](=O)[O-])cc2Cl)o1)c1nc(C(F)(F)F)cs1. The standard InChI is InChI=1S/C18H15ClF3N3O3S/c1-2-14(17-24-16(9-29-17)18(20,21)22)23-8-11-4-6-15(28-11)12-5-3-10(25(26)27)7-13(12)19/h3-7,9,14,23H,2,8H2,1H3/t14-/m1/s1. The summed E-state index contributed by atoms with van der Waals surface area (Å²) in [6.45, 7) is 2.11. The molecule has 2 heterocycles. The summed E-state index contributed by atoms with van der Waals surface area (Å²) in [6, 6.07) is 7.10. The van der Waals surface area contributed by atoms with Crippen LogP contribution in [0.2, 0.25) is 5.02 Å². The average Bonchev–Trinajstić information content (AvgIpc) is 3.32. The summed E-state index contributed by atoms with van der Waals surface area (Å²) >= 11 is 7.06. The van der Waals surface area contributed by atoms with Crippen molar-refractivity contribution in [3.63, 3.8) is 0 Å². The Balaban J connectivity index is 1.70. The Labute approximate surface area is 172 Å². The van der Waals surface area contributed by atoms with Crippen LogP contribution in [0.15, 0.2) is 40.1 Å². The van der Waals surface area contributed by atoms with Gasteiger partial charge in [-0.3, -0.25) is 10.1 Å². The van der Waals surface area contributed by atoms with Crippen LogP contribution in [-0.4, -0.2) is 9.91 Å². The van der Waals surface area contributed by atoms with E-state index in [0.29, 0.717) is 28.5 Å². The molecule has 1 atom stereocenters. The minimum Gasteiger partial charge on any atom is -0.460 e. The van der Waals surface area contributed by atoms with E-state index >= 15 is 0 Å². The molecule has 0 aliphatic rings. The van der Waals surface area contributed by atoms with Crippen molar-refractivity contribution in [3.05, 3.63) is 67.3 Å². The van der Waals surface area contributed by atoms with Crippen LogP contribution in [0, 0.1) is 10.1 Å². The number of nitro benzene ring substituents is 1. The van der Waals surface area contributed by atoms with Crippen LogP contribution in [0.1, 0.15) is 35.8 Å². The number of thiazole rings is 1. The van der Waals surface area contributed by atoms with Gasteiger partial charge in [0.2, 0.25) is 0 Å². The molecule has 0 saturated heterocycles. The monoisotopic (exact) mass is 445 g/mol. The van der Waals surface area contributed by atoms with E-state index in [4.69, 9.17) is 16.0 Å². The molecule has 0 saturated carbocycles. The molecule has 3 rings (SSSR count). The van der Waals surface area contributed by atoms with Gasteiger partial charge in [-0.25, -0.2) is 4.98 Å². The summed E-state index contributed by atoms with van der Waals surface area (Å²) in [5, 5.41) is 15.5. The van der Waals surface area contributed by atoms with Crippen molar-refractivity contribution in [2.45, 2.75) is 32.1 Å². The molecule has 2 aromatic heterocycles. The first kappa shape index (κ1) is 21.3. The van der Waals surface area contributed by atoms with Gasteiger partial charge in [0, 0.05) is 23.1 Å². The lowest BCUT2D eigenvalue weighted by Crippen LogP contribution is -2.20. The van der Waals surface area contributed by atoms with Gasteiger partial charge >= 0.3 is 6.18 Å². The quantitative estimate of drug-likeness (QED) is 0.344. The number of halogens is 4. The highest BCUT2D eigenvalue weighted by atomic mass is 35.5. The molecule has 0 aliphatic carbocycles. The predicted molar refractivity (Wildman–Crippen MR) is 103 cm³/mol. The molecule has 29 heavy (non-hydrogen) atoms. The van der Waals surface area contributed by atoms with E-state index in [1.807, 2.05) is 6.92 Å². The second kappa shape index (κ2) is 8.52. The molecule has 154 valence electrons. The van der Waals surface area contributed by atoms with Crippen molar-refractivity contribution in [1.29, 1.82) is 0 Å². The van der Waals surface area contributed by atoms with Gasteiger partial charge < -0.3 is 9.73 Å². The Hall–Kier alpha value is -2.43. The Morgan fingerprint density at radius 2 is 2.10 bits per heavy atom. The summed E-state index contributed by atoms with van der Waals surface area (Å²) in [5.41, 5.74) is -0.518. The third kappa shape index (κ3) is 4.95. The van der Waals surface area contributed by atoms with E-state index < -0.39 is 16.8 Å². The molecular weight excluding hydrogens is 431 g/mol. The number of nitro groups is 1. The van der Waals surface area contributed by atoms with Crippen molar-refractivity contribution in [2.75, 3.05) is 0 Å². The van der Waals surface area contributed by atoms with Crippen molar-refractivity contribution in [3.8, 4) is 11.3 Å². The van der Waals surface area contributed by atoms with Crippen LogP contribution >= 0.6 is 22.9 Å². The summed E-state index contributed by atoms with van der Waals surface area (Å²) < 4.78 is 44.0. The van der Waals surface area contributed by atoms with Crippen LogP contribution in [0.3, 0.4) is 0 Å². The molecule has 6 nitrogen and oxygen atoms in total. The number of furan rings is 1. The van der Waals surface area contributed by atoms with Crippen molar-refractivity contribution in [2.24, 2.45) is 0 Å². The van der Waals surface area contributed by atoms with Gasteiger partial charge in [-0.15, -0.1) is 11.3 Å². The van der Waals surface area contributed by atoms with E-state index in [-0.39, 0.29) is 23.3 Å². The van der Waals surface area contributed by atoms with E-state index in [1.54, 1.807) is 12.1 Å². The lowest BCUT2D eigenvalue weighted by molar-refractivity contribution is -0.384. The average molecular weight is 446 g/mol. The smallest absolute Gasteiger partial charge is 0.434 e. The van der Waals surface area contributed by atoms with Gasteiger partial charge in [-0.05, 0) is 24.6 Å². The van der Waals surface area contributed by atoms with Crippen LogP contribution in [-0.2, 0) is 12.7 Å². The Kier molecular flexibility index (Phi) is 6.25. The molecule has 0 bridgehead atoms. The zero-order valence-electron chi connectivity index (χ0n) is 15.0. The first-order valence-electron chi connectivity index (χ1n) is 8.48. The molecule has 3 aromatic rings. The Bertz CT molecular complexity index is 1020. The number of aromatic nitrogens is 1. The van der Waals surface area contributed by atoms with Crippen molar-refractivity contribution >= 4 is 28.6 Å².